The standard InChI is InChI=1S/C39H38N2O17/c1-17-35-22(40-11-12-53-37(52-3)36(40)58-35)13-26(55-17)57-24-15-39(48,25(42)16-54-38(47)56-19-9-7-18(8-10-19)41(49)50)14-21-28(24)34(46)30-29(32(21)44)31(43)20-5-4-6-23(51-2)27(20)33(30)45/h4-10,17,22,24,26,35-37,44,46,48H,11-16H2,1-3H3/t17-,22-,24-,26-,35+,36+,37-,39-/m0/s1. The number of methoxy groups -OCH3 is 2. The van der Waals surface area contributed by atoms with E-state index in [4.69, 9.17) is 37.9 Å². The van der Waals surface area contributed by atoms with Crippen LogP contribution >= 0.6 is 0 Å². The first kappa shape index (κ1) is 39.3. The second-order valence-corrected chi connectivity index (χ2v) is 14.5. The Morgan fingerprint density at radius 1 is 1.02 bits per heavy atom. The van der Waals surface area contributed by atoms with Crippen LogP contribution in [0.4, 0.5) is 10.5 Å². The number of non-ortho nitro benzene ring substituents is 1. The largest absolute Gasteiger partial charge is 0.514 e. The van der Waals surface area contributed by atoms with Gasteiger partial charge in [0.05, 0.1) is 47.5 Å². The Morgan fingerprint density at radius 3 is 2.47 bits per heavy atom. The second-order valence-electron chi connectivity index (χ2n) is 14.5. The van der Waals surface area contributed by atoms with Gasteiger partial charge in [0, 0.05) is 67.8 Å². The molecule has 8 rings (SSSR count). The van der Waals surface area contributed by atoms with E-state index in [1.807, 2.05) is 0 Å². The molecule has 0 aromatic heterocycles. The fraction of sp³-hybridized carbons (Fsp3) is 0.436. The number of benzene rings is 3. The van der Waals surface area contributed by atoms with E-state index in [1.165, 1.54) is 32.4 Å². The molecule has 19 nitrogen and oxygen atoms in total. The normalized spacial score (nSPS) is 28.7. The van der Waals surface area contributed by atoms with Gasteiger partial charge in [-0.2, -0.15) is 0 Å². The van der Waals surface area contributed by atoms with Crippen molar-refractivity contribution in [1.82, 2.24) is 4.90 Å². The van der Waals surface area contributed by atoms with E-state index in [-0.39, 0.29) is 51.9 Å². The van der Waals surface area contributed by atoms with E-state index >= 15 is 0 Å². The molecule has 3 heterocycles. The van der Waals surface area contributed by atoms with Crippen LogP contribution in [0.5, 0.6) is 23.0 Å². The quantitative estimate of drug-likeness (QED) is 0.0723. The highest BCUT2D eigenvalue weighted by molar-refractivity contribution is 6.31. The van der Waals surface area contributed by atoms with Crippen molar-refractivity contribution in [2.24, 2.45) is 0 Å². The maximum atomic E-state index is 14.1. The van der Waals surface area contributed by atoms with Crippen LogP contribution < -0.4 is 9.47 Å². The Morgan fingerprint density at radius 2 is 1.76 bits per heavy atom. The summed E-state index contributed by atoms with van der Waals surface area (Å²) in [6.45, 7) is 1.63. The highest BCUT2D eigenvalue weighted by Crippen LogP contribution is 2.53. The number of nitro benzene ring substituents is 1. The fourth-order valence-electron chi connectivity index (χ4n) is 8.56. The highest BCUT2D eigenvalue weighted by atomic mass is 16.7. The number of aliphatic hydroxyl groups is 1. The molecule has 0 bridgehead atoms. The number of phenolic OH excluding ortho intramolecular Hbond substituents is 2. The maximum absolute atomic E-state index is 14.1. The van der Waals surface area contributed by atoms with Gasteiger partial charge in [-0.3, -0.25) is 29.4 Å². The van der Waals surface area contributed by atoms with Crippen molar-refractivity contribution in [1.29, 1.82) is 0 Å². The van der Waals surface area contributed by atoms with Gasteiger partial charge in [-0.25, -0.2) is 4.79 Å². The maximum Gasteiger partial charge on any atom is 0.514 e. The van der Waals surface area contributed by atoms with Crippen molar-refractivity contribution in [3.63, 3.8) is 0 Å². The van der Waals surface area contributed by atoms with Gasteiger partial charge >= 0.3 is 6.16 Å². The molecule has 3 aliphatic heterocycles. The molecular formula is C39H38N2O17. The lowest BCUT2D eigenvalue weighted by Gasteiger charge is -2.43. The smallest absolute Gasteiger partial charge is 0.507 e. The summed E-state index contributed by atoms with van der Waals surface area (Å²) in [5.74, 6) is -4.23. The number of rotatable bonds is 9. The van der Waals surface area contributed by atoms with Crippen molar-refractivity contribution in [2.45, 2.75) is 74.9 Å². The molecule has 0 spiro atoms. The summed E-state index contributed by atoms with van der Waals surface area (Å²) in [6, 6.07) is 8.55. The van der Waals surface area contributed by atoms with E-state index in [1.54, 1.807) is 6.92 Å². The molecule has 0 saturated carbocycles. The van der Waals surface area contributed by atoms with E-state index < -0.39 is 113 Å². The van der Waals surface area contributed by atoms with Crippen LogP contribution in [0.15, 0.2) is 42.5 Å². The van der Waals surface area contributed by atoms with Crippen LogP contribution in [-0.2, 0) is 39.6 Å². The van der Waals surface area contributed by atoms with Gasteiger partial charge in [-0.05, 0) is 25.1 Å². The van der Waals surface area contributed by atoms with Crippen molar-refractivity contribution < 1.29 is 77.3 Å². The van der Waals surface area contributed by atoms with E-state index in [0.29, 0.717) is 13.2 Å². The number of hydrogen-bond acceptors (Lipinski definition) is 18. The number of phenols is 2. The molecule has 2 aliphatic carbocycles. The van der Waals surface area contributed by atoms with Crippen LogP contribution in [0.25, 0.3) is 0 Å². The molecule has 0 radical (unpaired) electrons. The average molecular weight is 807 g/mol. The number of nitro groups is 1. The molecule has 3 aromatic rings. The molecular weight excluding hydrogens is 768 g/mol. The summed E-state index contributed by atoms with van der Waals surface area (Å²) in [6.07, 6.45) is -7.09. The number of ether oxygens (including phenoxy) is 8. The van der Waals surface area contributed by atoms with E-state index in [2.05, 4.69) is 4.90 Å². The fourth-order valence-corrected chi connectivity index (χ4v) is 8.56. The Kier molecular flexibility index (Phi) is 10.2. The summed E-state index contributed by atoms with van der Waals surface area (Å²) in [7, 11) is 2.82. The Bertz CT molecular complexity index is 2210. The minimum Gasteiger partial charge on any atom is -0.507 e. The number of ketones is 3. The molecule has 3 saturated heterocycles. The zero-order valence-corrected chi connectivity index (χ0v) is 31.3. The third-order valence-electron chi connectivity index (χ3n) is 11.3. The average Bonchev–Trinajstić information content (AvgIpc) is 3.59. The summed E-state index contributed by atoms with van der Waals surface area (Å²) < 4.78 is 45.6. The zero-order chi connectivity index (χ0) is 41.2. The van der Waals surface area contributed by atoms with Crippen LogP contribution in [0.3, 0.4) is 0 Å². The predicted molar refractivity (Wildman–Crippen MR) is 192 cm³/mol. The minimum atomic E-state index is -2.45. The zero-order valence-electron chi connectivity index (χ0n) is 31.3. The van der Waals surface area contributed by atoms with E-state index in [9.17, 15) is 44.6 Å². The van der Waals surface area contributed by atoms with E-state index in [0.717, 1.165) is 24.3 Å². The Balaban J connectivity index is 1.12. The second kappa shape index (κ2) is 15.0. The van der Waals surface area contributed by atoms with Crippen molar-refractivity contribution >= 4 is 29.2 Å². The van der Waals surface area contributed by atoms with Crippen LogP contribution in [-0.4, -0.2) is 125 Å². The molecule has 8 atom stereocenters. The number of aromatic hydroxyl groups is 2. The monoisotopic (exact) mass is 806 g/mol. The molecule has 19 heteroatoms. The SMILES string of the molecule is COc1cccc2c1C(=O)c1c(O)c3c(c(O)c1C2=O)C[C@@](O)(C(=O)COC(=O)Oc1ccc([N+](=O)[O-])cc1)C[C@@H]3O[C@H]1C[C@H]2[C@H](O[C@@H]3[C@@H](OC)OCCN32)[C@H](C)O1. The third-order valence-corrected chi connectivity index (χ3v) is 11.3. The Hall–Kier alpha value is -5.54. The summed E-state index contributed by atoms with van der Waals surface area (Å²) in [5, 5.41) is 46.8. The topological polar surface area (TPSA) is 249 Å². The van der Waals surface area contributed by atoms with Gasteiger partial charge in [0.15, 0.2) is 31.2 Å². The van der Waals surface area contributed by atoms with Crippen molar-refractivity contribution in [3.8, 4) is 23.0 Å². The summed E-state index contributed by atoms with van der Waals surface area (Å²) >= 11 is 0. The first-order chi connectivity index (χ1) is 27.7. The molecule has 3 N–H and O–H groups in total. The number of fused-ring (bicyclic) bond motifs is 6. The van der Waals surface area contributed by atoms with Gasteiger partial charge in [-0.15, -0.1) is 0 Å². The minimum absolute atomic E-state index is 0.0630. The molecule has 5 aliphatic rings. The van der Waals surface area contributed by atoms with Gasteiger partial charge in [0.2, 0.25) is 11.6 Å². The third kappa shape index (κ3) is 6.53. The number of morpholine rings is 1. The lowest BCUT2D eigenvalue weighted by atomic mass is 9.72. The van der Waals surface area contributed by atoms with Crippen LogP contribution in [0.2, 0.25) is 0 Å². The summed E-state index contributed by atoms with van der Waals surface area (Å²) in [4.78, 5) is 66.8. The first-order valence-corrected chi connectivity index (χ1v) is 18.3. The molecule has 3 aromatic carbocycles. The lowest BCUT2D eigenvalue weighted by molar-refractivity contribution is -0.384. The molecule has 0 amide bonds. The van der Waals surface area contributed by atoms with Gasteiger partial charge in [-0.1, -0.05) is 12.1 Å². The predicted octanol–water partition coefficient (Wildman–Crippen LogP) is 2.84. The lowest BCUT2D eigenvalue weighted by Crippen LogP contribution is -2.55. The van der Waals surface area contributed by atoms with Crippen molar-refractivity contribution in [3.05, 3.63) is 86.0 Å². The number of nitrogens with zero attached hydrogens (tertiary/aromatic N) is 2. The number of hydrogen-bond donors (Lipinski definition) is 3. The molecule has 3 fully saturated rings. The highest BCUT2D eigenvalue weighted by Gasteiger charge is 2.55. The number of carbonyl (C=O) groups excluding carboxylic acids is 4. The Labute approximate surface area is 329 Å². The summed E-state index contributed by atoms with van der Waals surface area (Å²) in [5.41, 5.74) is -4.40. The van der Waals surface area contributed by atoms with Crippen molar-refractivity contribution in [2.75, 3.05) is 34.0 Å². The van der Waals surface area contributed by atoms with Crippen LogP contribution in [0.1, 0.15) is 68.8 Å². The molecule has 0 unspecified atom stereocenters. The van der Waals surface area contributed by atoms with Crippen LogP contribution in [0, 0.1) is 10.1 Å². The first-order valence-electron chi connectivity index (χ1n) is 18.3. The number of Topliss-reactive ketones (excluding diaryl/α,β-unsaturated/α-hetero) is 1. The van der Waals surface area contributed by atoms with Gasteiger partial charge < -0.3 is 53.2 Å². The van der Waals surface area contributed by atoms with Gasteiger partial charge in [0.25, 0.3) is 5.69 Å². The molecule has 58 heavy (non-hydrogen) atoms. The van der Waals surface area contributed by atoms with Gasteiger partial charge in [0.1, 0.15) is 34.7 Å². The number of carbonyl (C=O) groups is 4. The molecule has 306 valence electrons.